The van der Waals surface area contributed by atoms with Crippen LogP contribution >= 0.6 is 0 Å². The van der Waals surface area contributed by atoms with Crippen molar-refractivity contribution in [3.63, 3.8) is 0 Å². The maximum absolute atomic E-state index is 12.4. The molecule has 0 saturated carbocycles. The summed E-state index contributed by atoms with van der Waals surface area (Å²) in [5, 5.41) is 15.7. The minimum absolute atomic E-state index is 0.0231. The number of ether oxygens (including phenoxy) is 1. The van der Waals surface area contributed by atoms with Crippen molar-refractivity contribution in [3.05, 3.63) is 48.2 Å². The van der Waals surface area contributed by atoms with Crippen molar-refractivity contribution < 1.29 is 14.6 Å². The fourth-order valence-electron chi connectivity index (χ4n) is 3.88. The molecule has 36 heavy (non-hydrogen) atoms. The second-order valence-corrected chi connectivity index (χ2v) is 8.05. The molecule has 0 aliphatic carbocycles. The van der Waals surface area contributed by atoms with E-state index >= 15 is 0 Å². The summed E-state index contributed by atoms with van der Waals surface area (Å²) in [5.41, 5.74) is 18.3. The van der Waals surface area contributed by atoms with E-state index in [2.05, 4.69) is 25.3 Å². The normalized spacial score (nSPS) is 12.0. The van der Waals surface area contributed by atoms with E-state index in [1.165, 1.54) is 6.20 Å². The van der Waals surface area contributed by atoms with E-state index in [0.29, 0.717) is 17.7 Å². The third-order valence-corrected chi connectivity index (χ3v) is 5.56. The quantitative estimate of drug-likeness (QED) is 0.208. The molecule has 4 rings (SSSR count). The minimum atomic E-state index is -1.37. The number of anilines is 3. The molecule has 0 radical (unpaired) electrons. The molecular formula is C24H29N9O3. The van der Waals surface area contributed by atoms with Gasteiger partial charge in [-0.3, -0.25) is 4.79 Å². The van der Waals surface area contributed by atoms with E-state index in [1.54, 1.807) is 4.90 Å². The van der Waals surface area contributed by atoms with Gasteiger partial charge < -0.3 is 37.3 Å². The monoisotopic (exact) mass is 491 g/mol. The van der Waals surface area contributed by atoms with Crippen LogP contribution in [0.1, 0.15) is 12.5 Å². The number of aromatic nitrogens is 4. The third kappa shape index (κ3) is 5.34. The smallest absolute Gasteiger partial charge is 0.250 e. The molecule has 1 amide bonds. The summed E-state index contributed by atoms with van der Waals surface area (Å²) >= 11 is 0. The first kappa shape index (κ1) is 24.8. The van der Waals surface area contributed by atoms with Crippen LogP contribution in [0.15, 0.2) is 42.6 Å². The molecule has 1 atom stereocenters. The van der Waals surface area contributed by atoms with Crippen LogP contribution < -0.4 is 32.2 Å². The lowest BCUT2D eigenvalue weighted by molar-refractivity contribution is -0.128. The highest BCUT2D eigenvalue weighted by Gasteiger charge is 2.24. The van der Waals surface area contributed by atoms with Gasteiger partial charge in [-0.05, 0) is 23.8 Å². The third-order valence-electron chi connectivity index (χ3n) is 5.56. The summed E-state index contributed by atoms with van der Waals surface area (Å²) in [6.07, 6.45) is 0.120. The standard InChI is InChI=1S/C24H29N9O3/c1-2-36-19-8-7-14-5-3-4-6-15(14)17(19)12-33(13-18(34)22(35)28-10-9-25)24-29-11-16-20(26)30-23(27)31-21(16)32-24/h3-8,11,18,34H,2,9-10,12-13,25H2,1H3,(H,28,35)(H4,26,27,29,30,31,32). The Hall–Kier alpha value is -4.29. The molecule has 0 fully saturated rings. The molecule has 0 saturated heterocycles. The zero-order chi connectivity index (χ0) is 25.7. The highest BCUT2D eigenvalue weighted by molar-refractivity contribution is 5.89. The molecule has 1 unspecified atom stereocenters. The summed E-state index contributed by atoms with van der Waals surface area (Å²) in [5.74, 6) is 0.487. The van der Waals surface area contributed by atoms with E-state index in [-0.39, 0.29) is 49.5 Å². The van der Waals surface area contributed by atoms with Crippen LogP contribution in [0.3, 0.4) is 0 Å². The van der Waals surface area contributed by atoms with Crippen molar-refractivity contribution in [1.29, 1.82) is 0 Å². The number of carbonyl (C=O) groups excluding carboxylic acids is 1. The second-order valence-electron chi connectivity index (χ2n) is 8.05. The van der Waals surface area contributed by atoms with Gasteiger partial charge in [0.1, 0.15) is 17.7 Å². The Labute approximate surface area is 207 Å². The number of fused-ring (bicyclic) bond motifs is 2. The molecule has 4 aromatic rings. The zero-order valence-corrected chi connectivity index (χ0v) is 19.9. The molecule has 188 valence electrons. The Bertz CT molecular complexity index is 1380. The SMILES string of the molecule is CCOc1ccc2ccccc2c1CN(CC(O)C(=O)NCCN)c1ncc2c(N)nc(N)nc2n1. The van der Waals surface area contributed by atoms with Crippen molar-refractivity contribution in [2.75, 3.05) is 42.6 Å². The molecule has 0 spiro atoms. The first-order chi connectivity index (χ1) is 17.4. The molecule has 2 aromatic carbocycles. The maximum Gasteiger partial charge on any atom is 0.250 e. The van der Waals surface area contributed by atoms with Crippen molar-refractivity contribution in [2.45, 2.75) is 19.6 Å². The summed E-state index contributed by atoms with van der Waals surface area (Å²) in [6.45, 7) is 3.01. The Kier molecular flexibility index (Phi) is 7.56. The fraction of sp³-hybridized carbons (Fsp3) is 0.292. The van der Waals surface area contributed by atoms with E-state index in [1.807, 2.05) is 43.3 Å². The van der Waals surface area contributed by atoms with Gasteiger partial charge in [-0.25, -0.2) is 4.98 Å². The van der Waals surface area contributed by atoms with Gasteiger partial charge in [0.2, 0.25) is 11.9 Å². The summed E-state index contributed by atoms with van der Waals surface area (Å²) < 4.78 is 5.91. The van der Waals surface area contributed by atoms with Gasteiger partial charge in [0.15, 0.2) is 5.65 Å². The van der Waals surface area contributed by atoms with E-state index in [0.717, 1.165) is 16.3 Å². The fourth-order valence-corrected chi connectivity index (χ4v) is 3.88. The van der Waals surface area contributed by atoms with Gasteiger partial charge in [0.25, 0.3) is 5.91 Å². The number of hydrogen-bond donors (Lipinski definition) is 5. The number of hydrogen-bond acceptors (Lipinski definition) is 11. The predicted molar refractivity (Wildman–Crippen MR) is 138 cm³/mol. The van der Waals surface area contributed by atoms with Crippen molar-refractivity contribution in [1.82, 2.24) is 25.3 Å². The van der Waals surface area contributed by atoms with Crippen LogP contribution in [-0.2, 0) is 11.3 Å². The molecule has 0 aliphatic heterocycles. The van der Waals surface area contributed by atoms with Crippen LogP contribution in [0.5, 0.6) is 5.75 Å². The van der Waals surface area contributed by atoms with Gasteiger partial charge in [-0.1, -0.05) is 30.3 Å². The number of aliphatic hydroxyl groups excluding tert-OH is 1. The highest BCUT2D eigenvalue weighted by atomic mass is 16.5. The Morgan fingerprint density at radius 1 is 1.14 bits per heavy atom. The number of nitrogen functional groups attached to an aromatic ring is 2. The van der Waals surface area contributed by atoms with Gasteiger partial charge >= 0.3 is 0 Å². The molecular weight excluding hydrogens is 462 g/mol. The number of benzene rings is 2. The van der Waals surface area contributed by atoms with Crippen molar-refractivity contribution in [3.8, 4) is 5.75 Å². The van der Waals surface area contributed by atoms with Gasteiger partial charge in [0.05, 0.1) is 25.1 Å². The maximum atomic E-state index is 12.4. The lowest BCUT2D eigenvalue weighted by Crippen LogP contribution is -2.44. The number of nitrogens with one attached hydrogen (secondary N) is 1. The Morgan fingerprint density at radius 3 is 2.72 bits per heavy atom. The van der Waals surface area contributed by atoms with E-state index in [9.17, 15) is 9.90 Å². The number of nitrogens with two attached hydrogens (primary N) is 3. The van der Waals surface area contributed by atoms with Crippen molar-refractivity contribution >= 4 is 45.4 Å². The average Bonchev–Trinajstić information content (AvgIpc) is 2.87. The Balaban J connectivity index is 1.79. The number of nitrogens with zero attached hydrogens (tertiary/aromatic N) is 5. The predicted octanol–water partition coefficient (Wildman–Crippen LogP) is 0.579. The van der Waals surface area contributed by atoms with Crippen LogP contribution in [0, 0.1) is 0 Å². The van der Waals surface area contributed by atoms with E-state index in [4.69, 9.17) is 21.9 Å². The first-order valence-electron chi connectivity index (χ1n) is 11.5. The van der Waals surface area contributed by atoms with Crippen LogP contribution in [0.4, 0.5) is 17.7 Å². The molecule has 12 nitrogen and oxygen atoms in total. The Morgan fingerprint density at radius 2 is 1.94 bits per heavy atom. The van der Waals surface area contributed by atoms with Gasteiger partial charge in [0, 0.05) is 24.8 Å². The molecule has 0 bridgehead atoms. The minimum Gasteiger partial charge on any atom is -0.494 e. The molecule has 12 heteroatoms. The van der Waals surface area contributed by atoms with Crippen LogP contribution in [0.2, 0.25) is 0 Å². The average molecular weight is 492 g/mol. The van der Waals surface area contributed by atoms with Crippen molar-refractivity contribution in [2.24, 2.45) is 5.73 Å². The first-order valence-corrected chi connectivity index (χ1v) is 11.5. The van der Waals surface area contributed by atoms with Gasteiger partial charge in [-0.15, -0.1) is 0 Å². The molecule has 2 heterocycles. The second kappa shape index (κ2) is 11.0. The van der Waals surface area contributed by atoms with Crippen LogP contribution in [0.25, 0.3) is 21.8 Å². The number of amides is 1. The molecule has 8 N–H and O–H groups in total. The summed E-state index contributed by atoms with van der Waals surface area (Å²) in [7, 11) is 0. The molecule has 0 aliphatic rings. The van der Waals surface area contributed by atoms with E-state index < -0.39 is 12.0 Å². The topological polar surface area (TPSA) is 191 Å². The summed E-state index contributed by atoms with van der Waals surface area (Å²) in [6, 6.07) is 11.8. The zero-order valence-electron chi connectivity index (χ0n) is 19.9. The van der Waals surface area contributed by atoms with Crippen LogP contribution in [-0.4, -0.2) is 63.3 Å². The number of aliphatic hydroxyl groups is 1. The molecule has 2 aromatic heterocycles. The number of carbonyl (C=O) groups is 1. The number of rotatable bonds is 10. The summed E-state index contributed by atoms with van der Waals surface area (Å²) in [4.78, 5) is 31.2. The largest absolute Gasteiger partial charge is 0.494 e. The van der Waals surface area contributed by atoms with Gasteiger partial charge in [-0.2, -0.15) is 15.0 Å². The lowest BCUT2D eigenvalue weighted by Gasteiger charge is -2.26. The highest BCUT2D eigenvalue weighted by Crippen LogP contribution is 2.31. The lowest BCUT2D eigenvalue weighted by atomic mass is 10.0.